The highest BCUT2D eigenvalue weighted by molar-refractivity contribution is 5.73. The van der Waals surface area contributed by atoms with E-state index in [-0.39, 0.29) is 6.04 Å². The molecule has 4 heteroatoms. The van der Waals surface area contributed by atoms with Crippen LogP contribution in [0.15, 0.2) is 0 Å². The third kappa shape index (κ3) is 3.90. The summed E-state index contributed by atoms with van der Waals surface area (Å²) in [6, 6.07) is -0.371. The van der Waals surface area contributed by atoms with Gasteiger partial charge in [0.25, 0.3) is 0 Å². The zero-order valence-electron chi connectivity index (χ0n) is 9.20. The third-order valence-corrected chi connectivity index (χ3v) is 2.86. The number of alkyl carbamates (subject to hydrolysis) is 1. The average molecular weight is 213 g/mol. The van der Waals surface area contributed by atoms with Gasteiger partial charge in [0.1, 0.15) is 6.29 Å². The Hall–Kier alpha value is -1.06. The van der Waals surface area contributed by atoms with Gasteiger partial charge in [0, 0.05) is 0 Å². The van der Waals surface area contributed by atoms with Crippen LogP contribution in [0.2, 0.25) is 0 Å². The Morgan fingerprint density at radius 3 is 2.67 bits per heavy atom. The Balaban J connectivity index is 2.39. The lowest BCUT2D eigenvalue weighted by Gasteiger charge is -2.26. The summed E-state index contributed by atoms with van der Waals surface area (Å²) in [5, 5.41) is 2.61. The first-order valence-electron chi connectivity index (χ1n) is 5.66. The van der Waals surface area contributed by atoms with Gasteiger partial charge in [-0.3, -0.25) is 0 Å². The molecular formula is C11H19NO3. The number of carbonyl (C=O) groups is 2. The van der Waals surface area contributed by atoms with Crippen molar-refractivity contribution in [1.82, 2.24) is 5.32 Å². The molecular weight excluding hydrogens is 194 g/mol. The molecule has 1 atom stereocenters. The van der Waals surface area contributed by atoms with E-state index in [1.165, 1.54) is 6.42 Å². The molecule has 0 aromatic heterocycles. The average Bonchev–Trinajstić information content (AvgIpc) is 2.27. The van der Waals surface area contributed by atoms with E-state index in [0.717, 1.165) is 32.0 Å². The molecule has 0 aromatic rings. The fraction of sp³-hybridized carbons (Fsp3) is 0.818. The van der Waals surface area contributed by atoms with Crippen LogP contribution in [0.3, 0.4) is 0 Å². The van der Waals surface area contributed by atoms with Crippen molar-refractivity contribution in [2.24, 2.45) is 5.92 Å². The van der Waals surface area contributed by atoms with Gasteiger partial charge in [-0.1, -0.05) is 19.3 Å². The lowest BCUT2D eigenvalue weighted by Crippen LogP contribution is -2.42. The molecule has 1 rings (SSSR count). The number of hydrogen-bond acceptors (Lipinski definition) is 3. The van der Waals surface area contributed by atoms with Gasteiger partial charge in [-0.25, -0.2) is 4.79 Å². The van der Waals surface area contributed by atoms with Crippen molar-refractivity contribution in [2.45, 2.75) is 45.1 Å². The van der Waals surface area contributed by atoms with Crippen LogP contribution in [0.25, 0.3) is 0 Å². The minimum Gasteiger partial charge on any atom is -0.450 e. The molecule has 0 aliphatic heterocycles. The summed E-state index contributed by atoms with van der Waals surface area (Å²) < 4.78 is 4.76. The Labute approximate surface area is 90.4 Å². The number of rotatable bonds is 4. The monoisotopic (exact) mass is 213 g/mol. The van der Waals surface area contributed by atoms with E-state index in [0.29, 0.717) is 12.5 Å². The first-order valence-corrected chi connectivity index (χ1v) is 5.66. The smallest absolute Gasteiger partial charge is 0.407 e. The van der Waals surface area contributed by atoms with E-state index >= 15 is 0 Å². The second-order valence-electron chi connectivity index (χ2n) is 3.92. The van der Waals surface area contributed by atoms with Crippen LogP contribution in [0, 0.1) is 5.92 Å². The lowest BCUT2D eigenvalue weighted by atomic mass is 9.84. The fourth-order valence-electron chi connectivity index (χ4n) is 2.07. The van der Waals surface area contributed by atoms with E-state index < -0.39 is 6.09 Å². The number of aldehydes is 1. The molecule has 0 radical (unpaired) electrons. The van der Waals surface area contributed by atoms with Crippen LogP contribution in [0.5, 0.6) is 0 Å². The molecule has 0 spiro atoms. The Morgan fingerprint density at radius 1 is 1.47 bits per heavy atom. The van der Waals surface area contributed by atoms with E-state index in [2.05, 4.69) is 5.32 Å². The maximum atomic E-state index is 11.2. The second-order valence-corrected chi connectivity index (χ2v) is 3.92. The van der Waals surface area contributed by atoms with Gasteiger partial charge >= 0.3 is 6.09 Å². The van der Waals surface area contributed by atoms with Crippen LogP contribution in [-0.2, 0) is 9.53 Å². The van der Waals surface area contributed by atoms with Gasteiger partial charge in [-0.15, -0.1) is 0 Å². The summed E-state index contributed by atoms with van der Waals surface area (Å²) in [7, 11) is 0. The lowest BCUT2D eigenvalue weighted by molar-refractivity contribution is -0.110. The minimum atomic E-state index is -0.486. The van der Waals surface area contributed by atoms with Gasteiger partial charge in [-0.05, 0) is 25.7 Å². The van der Waals surface area contributed by atoms with Gasteiger partial charge < -0.3 is 14.8 Å². The third-order valence-electron chi connectivity index (χ3n) is 2.86. The van der Waals surface area contributed by atoms with Gasteiger partial charge in [0.2, 0.25) is 0 Å². The Bertz CT molecular complexity index is 212. The molecule has 1 amide bonds. The predicted octanol–water partition coefficient (Wildman–Crippen LogP) is 1.88. The maximum Gasteiger partial charge on any atom is 0.407 e. The Morgan fingerprint density at radius 2 is 2.13 bits per heavy atom. The summed E-state index contributed by atoms with van der Waals surface area (Å²) >= 11 is 0. The molecule has 1 aliphatic carbocycles. The number of ether oxygens (including phenoxy) is 1. The molecule has 1 N–H and O–H groups in total. The summed E-state index contributed by atoms with van der Waals surface area (Å²) in [6.07, 6.45) is 5.93. The van der Waals surface area contributed by atoms with Crippen molar-refractivity contribution in [3.63, 3.8) is 0 Å². The molecule has 1 aliphatic rings. The van der Waals surface area contributed by atoms with Crippen molar-refractivity contribution in [3.05, 3.63) is 0 Å². The van der Waals surface area contributed by atoms with Gasteiger partial charge in [-0.2, -0.15) is 0 Å². The van der Waals surface area contributed by atoms with Crippen LogP contribution < -0.4 is 5.32 Å². The van der Waals surface area contributed by atoms with Crippen LogP contribution in [-0.4, -0.2) is 25.0 Å². The standard InChI is InChI=1S/C11H19NO3/c1-2-15-11(14)12-10(8-13)9-6-4-3-5-7-9/h8-10H,2-7H2,1H3,(H,12,14). The molecule has 1 fully saturated rings. The Kier molecular flexibility index (Phi) is 5.15. The first kappa shape index (κ1) is 12.0. The van der Waals surface area contributed by atoms with Gasteiger partial charge in [0.15, 0.2) is 0 Å². The SMILES string of the molecule is CCOC(=O)NC(C=O)C1CCCCC1. The molecule has 86 valence electrons. The van der Waals surface area contributed by atoms with Crippen molar-refractivity contribution < 1.29 is 14.3 Å². The van der Waals surface area contributed by atoms with Crippen molar-refractivity contribution >= 4 is 12.4 Å². The second kappa shape index (κ2) is 6.43. The number of amides is 1. The molecule has 0 heterocycles. The molecule has 0 aromatic carbocycles. The van der Waals surface area contributed by atoms with Crippen molar-refractivity contribution in [1.29, 1.82) is 0 Å². The van der Waals surface area contributed by atoms with Crippen LogP contribution >= 0.6 is 0 Å². The number of carbonyl (C=O) groups excluding carboxylic acids is 2. The van der Waals surface area contributed by atoms with E-state index in [1.54, 1.807) is 6.92 Å². The highest BCUT2D eigenvalue weighted by atomic mass is 16.5. The van der Waals surface area contributed by atoms with Crippen LogP contribution in [0.1, 0.15) is 39.0 Å². The topological polar surface area (TPSA) is 55.4 Å². The number of hydrogen-bond donors (Lipinski definition) is 1. The summed E-state index contributed by atoms with van der Waals surface area (Å²) in [5.41, 5.74) is 0. The van der Waals surface area contributed by atoms with Gasteiger partial charge in [0.05, 0.1) is 12.6 Å². The molecule has 1 saturated carbocycles. The largest absolute Gasteiger partial charge is 0.450 e. The predicted molar refractivity (Wildman–Crippen MR) is 56.6 cm³/mol. The summed E-state index contributed by atoms with van der Waals surface area (Å²) in [6.45, 7) is 2.08. The van der Waals surface area contributed by atoms with E-state index in [4.69, 9.17) is 4.74 Å². The highest BCUT2D eigenvalue weighted by Crippen LogP contribution is 2.25. The maximum absolute atomic E-state index is 11.2. The first-order chi connectivity index (χ1) is 7.27. The normalized spacial score (nSPS) is 19.3. The van der Waals surface area contributed by atoms with Crippen LogP contribution in [0.4, 0.5) is 4.79 Å². The fourth-order valence-corrected chi connectivity index (χ4v) is 2.07. The summed E-state index contributed by atoms with van der Waals surface area (Å²) in [4.78, 5) is 22.0. The molecule has 4 nitrogen and oxygen atoms in total. The highest BCUT2D eigenvalue weighted by Gasteiger charge is 2.24. The zero-order valence-corrected chi connectivity index (χ0v) is 9.20. The molecule has 0 saturated heterocycles. The quantitative estimate of drug-likeness (QED) is 0.725. The minimum absolute atomic E-state index is 0.292. The van der Waals surface area contributed by atoms with Crippen molar-refractivity contribution in [3.8, 4) is 0 Å². The van der Waals surface area contributed by atoms with Crippen molar-refractivity contribution in [2.75, 3.05) is 6.61 Å². The number of nitrogens with one attached hydrogen (secondary N) is 1. The molecule has 0 bridgehead atoms. The molecule has 15 heavy (non-hydrogen) atoms. The zero-order chi connectivity index (χ0) is 11.1. The van der Waals surface area contributed by atoms with E-state index in [1.807, 2.05) is 0 Å². The summed E-state index contributed by atoms with van der Waals surface area (Å²) in [5.74, 6) is 0.292. The molecule has 1 unspecified atom stereocenters. The van der Waals surface area contributed by atoms with E-state index in [9.17, 15) is 9.59 Å².